The maximum absolute atomic E-state index is 13.0. The maximum atomic E-state index is 13.0. The predicted molar refractivity (Wildman–Crippen MR) is 108 cm³/mol. The zero-order valence-electron chi connectivity index (χ0n) is 17.6. The highest BCUT2D eigenvalue weighted by Crippen LogP contribution is 2.38. The molecule has 0 saturated carbocycles. The van der Waals surface area contributed by atoms with Crippen molar-refractivity contribution in [2.45, 2.75) is 65.3 Å². The minimum absolute atomic E-state index is 0.150. The van der Waals surface area contributed by atoms with Crippen molar-refractivity contribution in [1.82, 2.24) is 20.1 Å². The van der Waals surface area contributed by atoms with Gasteiger partial charge in [0, 0.05) is 30.9 Å². The number of nitrogens with zero attached hydrogens (tertiary/aromatic N) is 4. The predicted octanol–water partition coefficient (Wildman–Crippen LogP) is 2.22. The third-order valence-corrected chi connectivity index (χ3v) is 6.28. The number of nitrogens with one attached hydrogen (secondary N) is 1. The molecule has 4 heterocycles. The molecule has 29 heavy (non-hydrogen) atoms. The van der Waals surface area contributed by atoms with Gasteiger partial charge in [-0.2, -0.15) is 5.10 Å². The Morgan fingerprint density at radius 1 is 1.41 bits per heavy atom. The van der Waals surface area contributed by atoms with Crippen LogP contribution in [0.4, 0.5) is 5.82 Å². The minimum atomic E-state index is -0.627. The van der Waals surface area contributed by atoms with E-state index in [2.05, 4.69) is 22.3 Å². The van der Waals surface area contributed by atoms with Crippen LogP contribution in [0.15, 0.2) is 12.3 Å². The van der Waals surface area contributed by atoms with E-state index in [0.717, 1.165) is 34.6 Å². The van der Waals surface area contributed by atoms with E-state index in [1.807, 2.05) is 25.5 Å². The highest BCUT2D eigenvalue weighted by atomic mass is 16.5. The average molecular weight is 397 g/mol. The van der Waals surface area contributed by atoms with Gasteiger partial charge in [-0.25, -0.2) is 4.68 Å². The van der Waals surface area contributed by atoms with Crippen molar-refractivity contribution in [3.05, 3.63) is 40.3 Å². The Balaban J connectivity index is 1.55. The molecule has 0 saturated heterocycles. The van der Waals surface area contributed by atoms with E-state index in [-0.39, 0.29) is 11.8 Å². The van der Waals surface area contributed by atoms with Crippen LogP contribution in [-0.4, -0.2) is 39.7 Å². The Morgan fingerprint density at radius 3 is 2.90 bits per heavy atom. The molecule has 8 heteroatoms. The van der Waals surface area contributed by atoms with Gasteiger partial charge in [0.1, 0.15) is 17.6 Å². The number of carbonyl (C=O) groups excluding carboxylic acids is 2. The van der Waals surface area contributed by atoms with Crippen LogP contribution in [0.2, 0.25) is 0 Å². The lowest BCUT2D eigenvalue weighted by atomic mass is 9.92. The molecule has 0 spiro atoms. The third kappa shape index (κ3) is 3.11. The Labute approximate surface area is 170 Å². The molecule has 2 aromatic heterocycles. The van der Waals surface area contributed by atoms with Crippen LogP contribution in [0.25, 0.3) is 0 Å². The van der Waals surface area contributed by atoms with Crippen LogP contribution >= 0.6 is 0 Å². The van der Waals surface area contributed by atoms with E-state index < -0.39 is 11.6 Å². The van der Waals surface area contributed by atoms with Gasteiger partial charge < -0.3 is 10.1 Å². The summed E-state index contributed by atoms with van der Waals surface area (Å²) in [6, 6.07) is 1.17. The first-order valence-electron chi connectivity index (χ1n) is 10.0. The lowest BCUT2D eigenvalue weighted by Crippen LogP contribution is -2.47. The van der Waals surface area contributed by atoms with E-state index in [4.69, 9.17) is 4.74 Å². The molecule has 0 fully saturated rings. The summed E-state index contributed by atoms with van der Waals surface area (Å²) < 4.78 is 7.74. The second kappa shape index (κ2) is 6.95. The van der Waals surface area contributed by atoms with Crippen LogP contribution in [0.1, 0.15) is 59.6 Å². The van der Waals surface area contributed by atoms with Crippen LogP contribution in [-0.2, 0) is 28.3 Å². The lowest BCUT2D eigenvalue weighted by Gasteiger charge is -2.23. The van der Waals surface area contributed by atoms with Crippen LogP contribution < -0.4 is 10.2 Å². The highest BCUT2D eigenvalue weighted by Gasteiger charge is 2.36. The van der Waals surface area contributed by atoms with E-state index >= 15 is 0 Å². The second-order valence-electron chi connectivity index (χ2n) is 8.07. The van der Waals surface area contributed by atoms with Crippen LogP contribution in [0.5, 0.6) is 0 Å². The number of aromatic nitrogens is 3. The van der Waals surface area contributed by atoms with Gasteiger partial charge in [0.25, 0.3) is 11.8 Å². The molecule has 1 unspecified atom stereocenters. The third-order valence-electron chi connectivity index (χ3n) is 6.28. The molecule has 2 aliphatic heterocycles. The van der Waals surface area contributed by atoms with Crippen LogP contribution in [0, 0.1) is 13.8 Å². The van der Waals surface area contributed by atoms with Crippen molar-refractivity contribution < 1.29 is 14.3 Å². The van der Waals surface area contributed by atoms with Gasteiger partial charge in [-0.1, -0.05) is 6.92 Å². The lowest BCUT2D eigenvalue weighted by molar-refractivity contribution is -0.120. The van der Waals surface area contributed by atoms with Gasteiger partial charge in [0.15, 0.2) is 0 Å². The first-order chi connectivity index (χ1) is 13.7. The van der Waals surface area contributed by atoms with Gasteiger partial charge in [0.2, 0.25) is 0 Å². The molecule has 0 radical (unpaired) electrons. The quantitative estimate of drug-likeness (QED) is 0.858. The fourth-order valence-electron chi connectivity index (χ4n) is 4.14. The number of amides is 2. The molecule has 2 aliphatic rings. The summed E-state index contributed by atoms with van der Waals surface area (Å²) in [4.78, 5) is 31.8. The number of anilines is 1. The molecule has 4 rings (SSSR count). The number of likely N-dealkylation sites (N-methyl/N-ethyl adjacent to an activating group) is 1. The molecule has 2 aromatic rings. The average Bonchev–Trinajstić information content (AvgIpc) is 3.16. The number of fused-ring (bicyclic) bond motifs is 2. The van der Waals surface area contributed by atoms with Crippen molar-refractivity contribution >= 4 is 17.6 Å². The standard InChI is InChI=1S/C21H27N5O3/c1-6-21(4)15-9-17(22-10-14(15)11-29-21)18(27)23-16-7-8-26-19(25(5)20(16)28)12(2)13(3)24-26/h9-10,16H,6-8,11H2,1-5H3,(H,23,27)/t16?,21-/m1/s1. The number of rotatable bonds is 3. The number of pyridine rings is 1. The van der Waals surface area contributed by atoms with Crippen molar-refractivity contribution in [2.24, 2.45) is 0 Å². The monoisotopic (exact) mass is 397 g/mol. The number of aryl methyl sites for hydroxylation is 2. The molecule has 0 bridgehead atoms. The van der Waals surface area contributed by atoms with E-state index in [1.165, 1.54) is 0 Å². The zero-order chi connectivity index (χ0) is 20.9. The SMILES string of the molecule is CC[C@@]1(C)OCc2cnc(C(=O)NC3CCn4nc(C)c(C)c4N(C)C3=O)cc21. The van der Waals surface area contributed by atoms with Gasteiger partial charge in [0.05, 0.1) is 17.9 Å². The Hall–Kier alpha value is -2.74. The zero-order valence-corrected chi connectivity index (χ0v) is 17.6. The smallest absolute Gasteiger partial charge is 0.270 e. The fraction of sp³-hybridized carbons (Fsp3) is 0.524. The number of hydrogen-bond acceptors (Lipinski definition) is 5. The first kappa shape index (κ1) is 19.6. The maximum Gasteiger partial charge on any atom is 0.270 e. The van der Waals surface area contributed by atoms with Gasteiger partial charge >= 0.3 is 0 Å². The summed E-state index contributed by atoms with van der Waals surface area (Å²) in [5, 5.41) is 7.39. The number of carbonyl (C=O) groups is 2. The first-order valence-corrected chi connectivity index (χ1v) is 10.0. The molecular weight excluding hydrogens is 370 g/mol. The Morgan fingerprint density at radius 2 is 2.17 bits per heavy atom. The summed E-state index contributed by atoms with van der Waals surface area (Å²) in [6.07, 6.45) is 2.98. The fourth-order valence-corrected chi connectivity index (χ4v) is 4.14. The minimum Gasteiger partial charge on any atom is -0.366 e. The van der Waals surface area contributed by atoms with Gasteiger partial charge in [-0.05, 0) is 45.2 Å². The molecule has 2 amide bonds. The molecule has 2 atom stereocenters. The largest absolute Gasteiger partial charge is 0.366 e. The summed E-state index contributed by atoms with van der Waals surface area (Å²) in [5.41, 5.74) is 3.79. The van der Waals surface area contributed by atoms with Crippen molar-refractivity contribution in [1.29, 1.82) is 0 Å². The number of ether oxygens (including phenoxy) is 1. The number of hydrogen-bond donors (Lipinski definition) is 1. The molecule has 154 valence electrons. The molecular formula is C21H27N5O3. The van der Waals surface area contributed by atoms with E-state index in [0.29, 0.717) is 25.3 Å². The molecule has 0 aliphatic carbocycles. The molecule has 0 aromatic carbocycles. The second-order valence-corrected chi connectivity index (χ2v) is 8.07. The van der Waals surface area contributed by atoms with Crippen molar-refractivity contribution in [2.75, 3.05) is 11.9 Å². The summed E-state index contributed by atoms with van der Waals surface area (Å²) in [5.74, 6) is 0.288. The molecule has 8 nitrogen and oxygen atoms in total. The normalized spacial score (nSPS) is 23.6. The molecule has 1 N–H and O–H groups in total. The van der Waals surface area contributed by atoms with Crippen molar-refractivity contribution in [3.8, 4) is 0 Å². The Bertz CT molecular complexity index is 998. The highest BCUT2D eigenvalue weighted by molar-refractivity contribution is 6.01. The van der Waals surface area contributed by atoms with Gasteiger partial charge in [-0.15, -0.1) is 0 Å². The van der Waals surface area contributed by atoms with E-state index in [9.17, 15) is 9.59 Å². The summed E-state index contributed by atoms with van der Waals surface area (Å²) >= 11 is 0. The van der Waals surface area contributed by atoms with Crippen molar-refractivity contribution in [3.63, 3.8) is 0 Å². The van der Waals surface area contributed by atoms with E-state index in [1.54, 1.807) is 24.2 Å². The van der Waals surface area contributed by atoms with Gasteiger partial charge in [-0.3, -0.25) is 19.5 Å². The van der Waals surface area contributed by atoms with Crippen LogP contribution in [0.3, 0.4) is 0 Å². The Kier molecular flexibility index (Phi) is 4.69. The summed E-state index contributed by atoms with van der Waals surface area (Å²) in [7, 11) is 1.73. The summed E-state index contributed by atoms with van der Waals surface area (Å²) in [6.45, 7) is 9.04. The topological polar surface area (TPSA) is 89.3 Å².